The molecule has 0 heterocycles. The van der Waals surface area contributed by atoms with E-state index in [4.69, 9.17) is 15.2 Å². The van der Waals surface area contributed by atoms with Gasteiger partial charge in [-0.3, -0.25) is 4.79 Å². The minimum atomic E-state index is -0.652. The van der Waals surface area contributed by atoms with Gasteiger partial charge in [0.15, 0.2) is 0 Å². The highest BCUT2D eigenvalue weighted by Crippen LogP contribution is 2.25. The SMILES string of the molecule is CCOc1cc(C)ccc1NC(=O)C(CN)OC. The van der Waals surface area contributed by atoms with E-state index in [0.29, 0.717) is 18.0 Å². The van der Waals surface area contributed by atoms with Crippen LogP contribution in [0.2, 0.25) is 0 Å². The van der Waals surface area contributed by atoms with Crippen LogP contribution in [-0.2, 0) is 9.53 Å². The van der Waals surface area contributed by atoms with Crippen molar-refractivity contribution in [1.82, 2.24) is 0 Å². The van der Waals surface area contributed by atoms with Gasteiger partial charge in [-0.2, -0.15) is 0 Å². The zero-order valence-corrected chi connectivity index (χ0v) is 11.0. The molecule has 5 heteroatoms. The Morgan fingerprint density at radius 3 is 2.78 bits per heavy atom. The predicted molar refractivity (Wildman–Crippen MR) is 70.8 cm³/mol. The monoisotopic (exact) mass is 252 g/mol. The van der Waals surface area contributed by atoms with Gasteiger partial charge in [-0.1, -0.05) is 6.07 Å². The Kier molecular flexibility index (Phi) is 5.61. The van der Waals surface area contributed by atoms with Gasteiger partial charge < -0.3 is 20.5 Å². The number of amides is 1. The van der Waals surface area contributed by atoms with Gasteiger partial charge in [0.1, 0.15) is 11.9 Å². The van der Waals surface area contributed by atoms with Crippen molar-refractivity contribution in [3.05, 3.63) is 23.8 Å². The number of carbonyl (C=O) groups excluding carboxylic acids is 1. The lowest BCUT2D eigenvalue weighted by atomic mass is 10.2. The molecule has 1 aromatic carbocycles. The number of benzene rings is 1. The second-order valence-corrected chi connectivity index (χ2v) is 3.88. The summed E-state index contributed by atoms with van der Waals surface area (Å²) < 4.78 is 10.5. The van der Waals surface area contributed by atoms with Gasteiger partial charge in [-0.05, 0) is 31.5 Å². The number of rotatable bonds is 6. The second-order valence-electron chi connectivity index (χ2n) is 3.88. The van der Waals surface area contributed by atoms with Gasteiger partial charge in [0.2, 0.25) is 0 Å². The van der Waals surface area contributed by atoms with Crippen LogP contribution >= 0.6 is 0 Å². The third-order valence-corrected chi connectivity index (χ3v) is 2.49. The van der Waals surface area contributed by atoms with Crippen molar-refractivity contribution < 1.29 is 14.3 Å². The average Bonchev–Trinajstić information content (AvgIpc) is 2.34. The third kappa shape index (κ3) is 3.72. The molecule has 0 aromatic heterocycles. The zero-order valence-electron chi connectivity index (χ0n) is 11.0. The number of nitrogens with two attached hydrogens (primary N) is 1. The molecule has 1 atom stereocenters. The van der Waals surface area contributed by atoms with E-state index in [1.807, 2.05) is 32.0 Å². The Morgan fingerprint density at radius 2 is 2.22 bits per heavy atom. The quantitative estimate of drug-likeness (QED) is 0.800. The smallest absolute Gasteiger partial charge is 0.254 e. The number of hydrogen-bond acceptors (Lipinski definition) is 4. The molecule has 1 amide bonds. The molecule has 100 valence electrons. The van der Waals surface area contributed by atoms with Crippen molar-refractivity contribution in [2.75, 3.05) is 25.6 Å². The maximum Gasteiger partial charge on any atom is 0.254 e. The molecule has 0 spiro atoms. The fourth-order valence-corrected chi connectivity index (χ4v) is 1.53. The Balaban J connectivity index is 2.86. The highest BCUT2D eigenvalue weighted by Gasteiger charge is 2.17. The molecule has 1 unspecified atom stereocenters. The Labute approximate surface area is 107 Å². The van der Waals surface area contributed by atoms with Crippen molar-refractivity contribution in [1.29, 1.82) is 0 Å². The van der Waals surface area contributed by atoms with Crippen LogP contribution in [0, 0.1) is 6.92 Å². The first-order valence-corrected chi connectivity index (χ1v) is 5.89. The maximum absolute atomic E-state index is 11.8. The lowest BCUT2D eigenvalue weighted by molar-refractivity contribution is -0.125. The number of aryl methyl sites for hydroxylation is 1. The standard InChI is InChI=1S/C13H20N2O3/c1-4-18-11-7-9(2)5-6-10(11)15-13(16)12(8-14)17-3/h5-7,12H,4,8,14H2,1-3H3,(H,15,16). The Bertz CT molecular complexity index is 403. The van der Waals surface area contributed by atoms with Crippen LogP contribution in [0.25, 0.3) is 0 Å². The molecular weight excluding hydrogens is 232 g/mol. The first kappa shape index (κ1) is 14.5. The topological polar surface area (TPSA) is 73.6 Å². The fraction of sp³-hybridized carbons (Fsp3) is 0.462. The normalized spacial score (nSPS) is 12.0. The first-order chi connectivity index (χ1) is 8.62. The first-order valence-electron chi connectivity index (χ1n) is 5.89. The molecule has 0 aliphatic heterocycles. The summed E-state index contributed by atoms with van der Waals surface area (Å²) in [4.78, 5) is 11.8. The largest absolute Gasteiger partial charge is 0.492 e. The van der Waals surface area contributed by atoms with Gasteiger partial charge in [-0.15, -0.1) is 0 Å². The number of ether oxygens (including phenoxy) is 2. The summed E-state index contributed by atoms with van der Waals surface area (Å²) in [7, 11) is 1.45. The molecule has 1 rings (SSSR count). The van der Waals surface area contributed by atoms with Crippen molar-refractivity contribution in [3.8, 4) is 5.75 Å². The molecule has 0 radical (unpaired) electrons. The van der Waals surface area contributed by atoms with E-state index in [1.165, 1.54) is 7.11 Å². The lowest BCUT2D eigenvalue weighted by Crippen LogP contribution is -2.36. The van der Waals surface area contributed by atoms with E-state index in [9.17, 15) is 4.79 Å². The van der Waals surface area contributed by atoms with Crippen LogP contribution < -0.4 is 15.8 Å². The summed E-state index contributed by atoms with van der Waals surface area (Å²) in [6, 6.07) is 5.59. The number of carbonyl (C=O) groups is 1. The average molecular weight is 252 g/mol. The van der Waals surface area contributed by atoms with Crippen molar-refractivity contribution >= 4 is 11.6 Å². The highest BCUT2D eigenvalue weighted by molar-refractivity contribution is 5.95. The van der Waals surface area contributed by atoms with E-state index in [0.717, 1.165) is 5.56 Å². The molecular formula is C13H20N2O3. The van der Waals surface area contributed by atoms with E-state index >= 15 is 0 Å². The van der Waals surface area contributed by atoms with Gasteiger partial charge in [0, 0.05) is 13.7 Å². The maximum atomic E-state index is 11.8. The number of hydrogen-bond donors (Lipinski definition) is 2. The minimum absolute atomic E-state index is 0.137. The molecule has 0 aliphatic rings. The Morgan fingerprint density at radius 1 is 1.50 bits per heavy atom. The molecule has 0 aliphatic carbocycles. The summed E-state index contributed by atoms with van der Waals surface area (Å²) in [6.45, 7) is 4.53. The minimum Gasteiger partial charge on any atom is -0.492 e. The molecule has 0 bridgehead atoms. The van der Waals surface area contributed by atoms with Gasteiger partial charge >= 0.3 is 0 Å². The van der Waals surface area contributed by atoms with Crippen molar-refractivity contribution in [2.45, 2.75) is 20.0 Å². The number of methoxy groups -OCH3 is 1. The van der Waals surface area contributed by atoms with Gasteiger partial charge in [-0.25, -0.2) is 0 Å². The summed E-state index contributed by atoms with van der Waals surface area (Å²) in [5.74, 6) is 0.377. The summed E-state index contributed by atoms with van der Waals surface area (Å²) >= 11 is 0. The zero-order chi connectivity index (χ0) is 13.5. The summed E-state index contributed by atoms with van der Waals surface area (Å²) in [5.41, 5.74) is 7.14. The fourth-order valence-electron chi connectivity index (χ4n) is 1.53. The number of nitrogens with one attached hydrogen (secondary N) is 1. The second kappa shape index (κ2) is 6.98. The summed E-state index contributed by atoms with van der Waals surface area (Å²) in [6.07, 6.45) is -0.652. The van der Waals surface area contributed by atoms with Crippen LogP contribution in [-0.4, -0.2) is 32.3 Å². The van der Waals surface area contributed by atoms with E-state index < -0.39 is 6.10 Å². The molecule has 0 fully saturated rings. The molecule has 0 saturated heterocycles. The van der Waals surface area contributed by atoms with Gasteiger partial charge in [0.25, 0.3) is 5.91 Å². The molecule has 1 aromatic rings. The van der Waals surface area contributed by atoms with Crippen LogP contribution in [0.3, 0.4) is 0 Å². The lowest BCUT2D eigenvalue weighted by Gasteiger charge is -2.16. The third-order valence-electron chi connectivity index (χ3n) is 2.49. The molecule has 18 heavy (non-hydrogen) atoms. The van der Waals surface area contributed by atoms with E-state index in [-0.39, 0.29) is 12.5 Å². The van der Waals surface area contributed by atoms with Crippen LogP contribution in [0.1, 0.15) is 12.5 Å². The predicted octanol–water partition coefficient (Wildman–Crippen LogP) is 1.31. The van der Waals surface area contributed by atoms with E-state index in [1.54, 1.807) is 0 Å². The van der Waals surface area contributed by atoms with Crippen molar-refractivity contribution in [2.24, 2.45) is 5.73 Å². The molecule has 0 saturated carbocycles. The van der Waals surface area contributed by atoms with Crippen molar-refractivity contribution in [3.63, 3.8) is 0 Å². The van der Waals surface area contributed by atoms with Crippen LogP contribution in [0.5, 0.6) is 5.75 Å². The van der Waals surface area contributed by atoms with Crippen LogP contribution in [0.4, 0.5) is 5.69 Å². The van der Waals surface area contributed by atoms with E-state index in [2.05, 4.69) is 5.32 Å². The molecule has 5 nitrogen and oxygen atoms in total. The summed E-state index contributed by atoms with van der Waals surface area (Å²) in [5, 5.41) is 2.76. The highest BCUT2D eigenvalue weighted by atomic mass is 16.5. The van der Waals surface area contributed by atoms with Crippen LogP contribution in [0.15, 0.2) is 18.2 Å². The molecule has 3 N–H and O–H groups in total. The van der Waals surface area contributed by atoms with Gasteiger partial charge in [0.05, 0.1) is 12.3 Å². The Hall–Kier alpha value is -1.59. The number of anilines is 1.